The van der Waals surface area contributed by atoms with Gasteiger partial charge in [-0.1, -0.05) is 46.1 Å². The van der Waals surface area contributed by atoms with Crippen molar-refractivity contribution in [1.82, 2.24) is 0 Å². The van der Waals surface area contributed by atoms with E-state index in [1.165, 1.54) is 12.8 Å². The molecule has 1 aromatic rings. The molecule has 118 valence electrons. The molecule has 0 aliphatic heterocycles. The summed E-state index contributed by atoms with van der Waals surface area (Å²) in [4.78, 5) is 11.2. The topological polar surface area (TPSA) is 63.3 Å². The van der Waals surface area contributed by atoms with Gasteiger partial charge in [0.2, 0.25) is 5.91 Å². The summed E-state index contributed by atoms with van der Waals surface area (Å²) in [5.74, 6) is -0.0473. The summed E-state index contributed by atoms with van der Waals surface area (Å²) >= 11 is 0. The molecule has 0 saturated carbocycles. The average Bonchev–Trinajstić information content (AvgIpc) is 2.38. The van der Waals surface area contributed by atoms with Gasteiger partial charge in [0.25, 0.3) is 0 Å². The Morgan fingerprint density at radius 3 is 2.43 bits per heavy atom. The predicted octanol–water partition coefficient (Wildman–Crippen LogP) is 3.89. The lowest BCUT2D eigenvalue weighted by molar-refractivity contribution is -0.117. The Bertz CT molecular complexity index is 518. The molecule has 1 aromatic carbocycles. The molecular weight excluding hydrogens is 262 g/mol. The zero-order valence-electron chi connectivity index (χ0n) is 14.0. The number of primary amides is 1. The van der Waals surface area contributed by atoms with E-state index in [1.54, 1.807) is 0 Å². The summed E-state index contributed by atoms with van der Waals surface area (Å²) < 4.78 is 0. The molecule has 0 aliphatic rings. The lowest BCUT2D eigenvalue weighted by Crippen LogP contribution is -2.20. The van der Waals surface area contributed by atoms with Gasteiger partial charge in [0.05, 0.1) is 6.42 Å². The number of aromatic hydroxyl groups is 1. The number of phenolic OH excluding ortho intramolecular Hbond substituents is 1. The smallest absolute Gasteiger partial charge is 0.221 e. The fourth-order valence-electron chi connectivity index (χ4n) is 2.93. The molecule has 0 heterocycles. The molecule has 1 amide bonds. The van der Waals surface area contributed by atoms with Gasteiger partial charge >= 0.3 is 0 Å². The van der Waals surface area contributed by atoms with Crippen LogP contribution in [0, 0.1) is 13.8 Å². The third-order valence-electron chi connectivity index (χ3n) is 4.39. The van der Waals surface area contributed by atoms with Crippen molar-refractivity contribution in [2.24, 2.45) is 5.73 Å². The van der Waals surface area contributed by atoms with Crippen LogP contribution in [0.25, 0.3) is 0 Å². The fourth-order valence-corrected chi connectivity index (χ4v) is 2.93. The molecule has 0 aliphatic carbocycles. The van der Waals surface area contributed by atoms with E-state index in [-0.39, 0.29) is 17.7 Å². The van der Waals surface area contributed by atoms with Gasteiger partial charge in [-0.2, -0.15) is 0 Å². The Kier molecular flexibility index (Phi) is 5.82. The molecule has 1 rings (SSSR count). The minimum atomic E-state index is -0.365. The Morgan fingerprint density at radius 2 is 1.90 bits per heavy atom. The SMILES string of the molecule is CCCCCC(C)(C)c1cc(C)c(CC(N)=O)c(C)c1O. The first-order valence-electron chi connectivity index (χ1n) is 7.81. The summed E-state index contributed by atoms with van der Waals surface area (Å²) in [6.45, 7) is 10.4. The number of hydrogen-bond acceptors (Lipinski definition) is 2. The Labute approximate surface area is 128 Å². The van der Waals surface area contributed by atoms with Crippen LogP contribution >= 0.6 is 0 Å². The lowest BCUT2D eigenvalue weighted by atomic mass is 9.77. The van der Waals surface area contributed by atoms with E-state index < -0.39 is 0 Å². The molecule has 0 saturated heterocycles. The van der Waals surface area contributed by atoms with Crippen molar-refractivity contribution in [2.75, 3.05) is 0 Å². The summed E-state index contributed by atoms with van der Waals surface area (Å²) in [5.41, 5.74) is 8.87. The molecule has 3 N–H and O–H groups in total. The van der Waals surface area contributed by atoms with Crippen LogP contribution in [0.5, 0.6) is 5.75 Å². The van der Waals surface area contributed by atoms with E-state index >= 15 is 0 Å². The third-order valence-corrected chi connectivity index (χ3v) is 4.39. The normalized spacial score (nSPS) is 11.7. The second-order valence-electron chi connectivity index (χ2n) is 6.68. The van der Waals surface area contributed by atoms with Gasteiger partial charge in [-0.15, -0.1) is 0 Å². The molecule has 0 bridgehead atoms. The number of unbranched alkanes of at least 4 members (excludes halogenated alkanes) is 2. The lowest BCUT2D eigenvalue weighted by Gasteiger charge is -2.28. The van der Waals surface area contributed by atoms with Crippen LogP contribution in [0.15, 0.2) is 6.07 Å². The molecule has 3 nitrogen and oxygen atoms in total. The van der Waals surface area contributed by atoms with Crippen LogP contribution in [-0.4, -0.2) is 11.0 Å². The van der Waals surface area contributed by atoms with Crippen LogP contribution in [0.1, 0.15) is 68.7 Å². The van der Waals surface area contributed by atoms with E-state index in [0.717, 1.165) is 35.1 Å². The van der Waals surface area contributed by atoms with Gasteiger partial charge in [0.15, 0.2) is 0 Å². The number of carbonyl (C=O) groups is 1. The van der Waals surface area contributed by atoms with Gasteiger partial charge in [-0.3, -0.25) is 4.79 Å². The maximum Gasteiger partial charge on any atom is 0.221 e. The Hall–Kier alpha value is -1.51. The number of phenols is 1. The molecular formula is C18H29NO2. The fraction of sp³-hybridized carbons (Fsp3) is 0.611. The summed E-state index contributed by atoms with van der Waals surface area (Å²) in [7, 11) is 0. The van der Waals surface area contributed by atoms with E-state index in [0.29, 0.717) is 5.75 Å². The van der Waals surface area contributed by atoms with Crippen LogP contribution in [0.3, 0.4) is 0 Å². The zero-order chi connectivity index (χ0) is 16.2. The zero-order valence-corrected chi connectivity index (χ0v) is 14.0. The number of hydrogen-bond donors (Lipinski definition) is 2. The molecule has 3 heteroatoms. The van der Waals surface area contributed by atoms with Crippen molar-refractivity contribution >= 4 is 5.91 Å². The molecule has 0 unspecified atom stereocenters. The number of nitrogens with two attached hydrogens (primary N) is 1. The predicted molar refractivity (Wildman–Crippen MR) is 87.6 cm³/mol. The largest absolute Gasteiger partial charge is 0.507 e. The molecule has 0 fully saturated rings. The maximum atomic E-state index is 11.2. The average molecular weight is 291 g/mol. The van der Waals surface area contributed by atoms with Crippen LogP contribution in [0.2, 0.25) is 0 Å². The number of benzene rings is 1. The minimum absolute atomic E-state index is 0.0694. The van der Waals surface area contributed by atoms with Crippen molar-refractivity contribution in [3.8, 4) is 5.75 Å². The standard InChI is InChI=1S/C18H29NO2/c1-6-7-8-9-18(4,5)15-10-12(2)14(11-16(19)20)13(3)17(15)21/h10,21H,6-9,11H2,1-5H3,(H2,19,20). The van der Waals surface area contributed by atoms with Gasteiger partial charge in [-0.05, 0) is 42.4 Å². The summed E-state index contributed by atoms with van der Waals surface area (Å²) in [6.07, 6.45) is 4.79. The number of aryl methyl sites for hydroxylation is 1. The van der Waals surface area contributed by atoms with E-state index in [2.05, 4.69) is 20.8 Å². The monoisotopic (exact) mass is 291 g/mol. The van der Waals surface area contributed by atoms with Gasteiger partial charge in [-0.25, -0.2) is 0 Å². The second kappa shape index (κ2) is 6.97. The molecule has 0 radical (unpaired) electrons. The van der Waals surface area contributed by atoms with Crippen molar-refractivity contribution < 1.29 is 9.90 Å². The van der Waals surface area contributed by atoms with Crippen molar-refractivity contribution in [3.05, 3.63) is 28.3 Å². The van der Waals surface area contributed by atoms with Crippen molar-refractivity contribution in [2.45, 2.75) is 72.1 Å². The summed E-state index contributed by atoms with van der Waals surface area (Å²) in [6, 6.07) is 2.02. The highest BCUT2D eigenvalue weighted by Gasteiger charge is 2.26. The third kappa shape index (κ3) is 4.23. The van der Waals surface area contributed by atoms with Gasteiger partial charge in [0.1, 0.15) is 5.75 Å². The molecule has 0 aromatic heterocycles. The highest BCUT2D eigenvalue weighted by atomic mass is 16.3. The minimum Gasteiger partial charge on any atom is -0.507 e. The van der Waals surface area contributed by atoms with Gasteiger partial charge < -0.3 is 10.8 Å². The first-order valence-corrected chi connectivity index (χ1v) is 7.81. The highest BCUT2D eigenvalue weighted by Crippen LogP contribution is 2.39. The first-order chi connectivity index (χ1) is 9.70. The quantitative estimate of drug-likeness (QED) is 0.748. The molecule has 0 atom stereocenters. The summed E-state index contributed by atoms with van der Waals surface area (Å²) in [5, 5.41) is 10.6. The van der Waals surface area contributed by atoms with Crippen molar-refractivity contribution in [1.29, 1.82) is 0 Å². The van der Waals surface area contributed by atoms with Gasteiger partial charge in [0, 0.05) is 5.56 Å². The Balaban J connectivity index is 3.17. The van der Waals surface area contributed by atoms with E-state index in [1.807, 2.05) is 19.9 Å². The van der Waals surface area contributed by atoms with E-state index in [9.17, 15) is 9.90 Å². The number of amides is 1. The number of carbonyl (C=O) groups excluding carboxylic acids is 1. The Morgan fingerprint density at radius 1 is 1.29 bits per heavy atom. The molecule has 0 spiro atoms. The highest BCUT2D eigenvalue weighted by molar-refractivity contribution is 5.78. The van der Waals surface area contributed by atoms with Crippen LogP contribution < -0.4 is 5.73 Å². The van der Waals surface area contributed by atoms with Crippen molar-refractivity contribution in [3.63, 3.8) is 0 Å². The maximum absolute atomic E-state index is 11.2. The van der Waals surface area contributed by atoms with Crippen LogP contribution in [0.4, 0.5) is 0 Å². The second-order valence-corrected chi connectivity index (χ2v) is 6.68. The number of rotatable bonds is 7. The van der Waals surface area contributed by atoms with Crippen LogP contribution in [-0.2, 0) is 16.6 Å². The van der Waals surface area contributed by atoms with E-state index in [4.69, 9.17) is 5.73 Å². The first kappa shape index (κ1) is 17.5. The molecule has 21 heavy (non-hydrogen) atoms.